The summed E-state index contributed by atoms with van der Waals surface area (Å²) in [6.45, 7) is 3.65. The van der Waals surface area contributed by atoms with E-state index in [0.717, 1.165) is 17.8 Å². The van der Waals surface area contributed by atoms with Gasteiger partial charge in [-0.05, 0) is 43.3 Å². The number of urea groups is 1. The molecule has 1 aliphatic heterocycles. The molecule has 28 heavy (non-hydrogen) atoms. The number of piperazine rings is 1. The van der Waals surface area contributed by atoms with Crippen molar-refractivity contribution < 1.29 is 22.8 Å². The molecule has 0 atom stereocenters. The zero-order valence-corrected chi connectivity index (χ0v) is 15.3. The van der Waals surface area contributed by atoms with Crippen molar-refractivity contribution in [1.29, 1.82) is 0 Å². The third-order valence-corrected chi connectivity index (χ3v) is 4.65. The van der Waals surface area contributed by atoms with Crippen molar-refractivity contribution in [2.45, 2.75) is 13.1 Å². The summed E-state index contributed by atoms with van der Waals surface area (Å²) in [5, 5.41) is 2.63. The van der Waals surface area contributed by atoms with Gasteiger partial charge in [-0.3, -0.25) is 4.79 Å². The van der Waals surface area contributed by atoms with Crippen LogP contribution in [-0.2, 0) is 6.18 Å². The first-order valence-electron chi connectivity index (χ1n) is 8.83. The Balaban J connectivity index is 1.56. The molecule has 8 heteroatoms. The summed E-state index contributed by atoms with van der Waals surface area (Å²) in [6.07, 6.45) is -4.40. The van der Waals surface area contributed by atoms with Crippen molar-refractivity contribution in [3.63, 3.8) is 0 Å². The number of halogens is 3. The van der Waals surface area contributed by atoms with Crippen molar-refractivity contribution in [2.24, 2.45) is 0 Å². The monoisotopic (exact) mass is 391 g/mol. The summed E-state index contributed by atoms with van der Waals surface area (Å²) in [4.78, 5) is 27.6. The maximum absolute atomic E-state index is 12.6. The second-order valence-electron chi connectivity index (χ2n) is 6.59. The zero-order valence-electron chi connectivity index (χ0n) is 15.3. The first-order valence-corrected chi connectivity index (χ1v) is 8.83. The van der Waals surface area contributed by atoms with Crippen LogP contribution in [0.3, 0.4) is 0 Å². The molecule has 5 nitrogen and oxygen atoms in total. The number of nitrogens with zero attached hydrogens (tertiary/aromatic N) is 2. The normalized spacial score (nSPS) is 14.7. The van der Waals surface area contributed by atoms with Crippen molar-refractivity contribution in [3.8, 4) is 0 Å². The highest BCUT2D eigenvalue weighted by Crippen LogP contribution is 2.29. The molecule has 0 aromatic heterocycles. The highest BCUT2D eigenvalue weighted by molar-refractivity contribution is 5.95. The Labute approximate surface area is 160 Å². The van der Waals surface area contributed by atoms with Crippen LogP contribution in [-0.4, -0.2) is 42.9 Å². The van der Waals surface area contributed by atoms with Crippen molar-refractivity contribution >= 4 is 23.2 Å². The molecule has 0 spiro atoms. The van der Waals surface area contributed by atoms with Gasteiger partial charge < -0.3 is 15.1 Å². The fourth-order valence-electron chi connectivity index (χ4n) is 3.03. The summed E-state index contributed by atoms with van der Waals surface area (Å²) in [6, 6.07) is 11.4. The molecule has 1 N–H and O–H groups in total. The molecular formula is C20H20F3N3O2. The molecule has 2 aromatic rings. The van der Waals surface area contributed by atoms with Crippen LogP contribution in [0.2, 0.25) is 0 Å². The van der Waals surface area contributed by atoms with Gasteiger partial charge in [-0.25, -0.2) is 4.79 Å². The average molecular weight is 391 g/mol. The Morgan fingerprint density at radius 2 is 1.61 bits per heavy atom. The summed E-state index contributed by atoms with van der Waals surface area (Å²) >= 11 is 0. The molecule has 0 radical (unpaired) electrons. The Hall–Kier alpha value is -3.03. The Bertz CT molecular complexity index is 858. The van der Waals surface area contributed by atoms with E-state index in [1.165, 1.54) is 19.1 Å². The van der Waals surface area contributed by atoms with Crippen LogP contribution in [0.5, 0.6) is 0 Å². The van der Waals surface area contributed by atoms with Gasteiger partial charge in [0.05, 0.1) is 5.56 Å². The standard InChI is InChI=1S/C20H20F3N3O2/c1-14(27)15-3-2-4-18(13-15)25-9-11-26(12-10-25)19(28)24-17-7-5-16(6-8-17)20(21,22)23/h2-8,13H,9-12H2,1H3,(H,24,28). The van der Waals surface area contributed by atoms with Crippen LogP contribution in [0.1, 0.15) is 22.8 Å². The van der Waals surface area contributed by atoms with E-state index in [1.807, 2.05) is 18.2 Å². The lowest BCUT2D eigenvalue weighted by atomic mass is 10.1. The highest BCUT2D eigenvalue weighted by atomic mass is 19.4. The molecule has 3 rings (SSSR count). The van der Waals surface area contributed by atoms with Crippen LogP contribution < -0.4 is 10.2 Å². The SMILES string of the molecule is CC(=O)c1cccc(N2CCN(C(=O)Nc3ccc(C(F)(F)F)cc3)CC2)c1. The van der Waals surface area contributed by atoms with E-state index in [-0.39, 0.29) is 11.8 Å². The number of hydrogen-bond donors (Lipinski definition) is 1. The fourth-order valence-corrected chi connectivity index (χ4v) is 3.03. The van der Waals surface area contributed by atoms with Gasteiger partial charge in [0.2, 0.25) is 0 Å². The average Bonchev–Trinajstić information content (AvgIpc) is 2.68. The maximum atomic E-state index is 12.6. The van der Waals surface area contributed by atoms with E-state index in [1.54, 1.807) is 11.0 Å². The van der Waals surface area contributed by atoms with Gasteiger partial charge in [-0.1, -0.05) is 12.1 Å². The predicted molar refractivity (Wildman–Crippen MR) is 101 cm³/mol. The number of anilines is 2. The third kappa shape index (κ3) is 4.62. The molecule has 0 aliphatic carbocycles. The van der Waals surface area contributed by atoms with Crippen molar-refractivity contribution in [1.82, 2.24) is 4.90 Å². The van der Waals surface area contributed by atoms with Crippen LogP contribution >= 0.6 is 0 Å². The number of Topliss-reactive ketones (excluding diaryl/α,β-unsaturated/α-hetero) is 1. The van der Waals surface area contributed by atoms with Gasteiger partial charge >= 0.3 is 12.2 Å². The number of alkyl halides is 3. The summed E-state index contributed by atoms with van der Waals surface area (Å²) in [7, 11) is 0. The number of rotatable bonds is 3. The topological polar surface area (TPSA) is 52.7 Å². The second kappa shape index (κ2) is 7.92. The molecule has 1 saturated heterocycles. The van der Waals surface area contributed by atoms with Gasteiger partial charge in [0.1, 0.15) is 0 Å². The maximum Gasteiger partial charge on any atom is 0.416 e. The first-order chi connectivity index (χ1) is 13.2. The highest BCUT2D eigenvalue weighted by Gasteiger charge is 2.30. The summed E-state index contributed by atoms with van der Waals surface area (Å²) in [5.74, 6) is -0.00333. The summed E-state index contributed by atoms with van der Waals surface area (Å²) in [5.41, 5.74) is 1.12. The minimum atomic E-state index is -4.40. The molecule has 0 unspecified atom stereocenters. The van der Waals surface area contributed by atoms with Crippen LogP contribution in [0.15, 0.2) is 48.5 Å². The van der Waals surface area contributed by atoms with E-state index in [4.69, 9.17) is 0 Å². The van der Waals surface area contributed by atoms with Gasteiger partial charge in [0, 0.05) is 43.1 Å². The first kappa shape index (κ1) is 19.7. The van der Waals surface area contributed by atoms with E-state index in [9.17, 15) is 22.8 Å². The molecular weight excluding hydrogens is 371 g/mol. The second-order valence-corrected chi connectivity index (χ2v) is 6.59. The Morgan fingerprint density at radius 1 is 0.964 bits per heavy atom. The van der Waals surface area contributed by atoms with Gasteiger partial charge in [-0.2, -0.15) is 13.2 Å². The van der Waals surface area contributed by atoms with Crippen LogP contribution in [0.4, 0.5) is 29.3 Å². The van der Waals surface area contributed by atoms with Crippen LogP contribution in [0.25, 0.3) is 0 Å². The largest absolute Gasteiger partial charge is 0.416 e. The number of amides is 2. The van der Waals surface area contributed by atoms with Crippen molar-refractivity contribution in [3.05, 3.63) is 59.7 Å². The molecule has 2 aromatic carbocycles. The lowest BCUT2D eigenvalue weighted by Gasteiger charge is -2.36. The van der Waals surface area contributed by atoms with Crippen molar-refractivity contribution in [2.75, 3.05) is 36.4 Å². The van der Waals surface area contributed by atoms with E-state index < -0.39 is 11.7 Å². The Morgan fingerprint density at radius 3 is 2.18 bits per heavy atom. The smallest absolute Gasteiger partial charge is 0.368 e. The molecule has 0 saturated carbocycles. The van der Waals surface area contributed by atoms with E-state index in [2.05, 4.69) is 10.2 Å². The predicted octanol–water partition coefficient (Wildman–Crippen LogP) is 4.26. The third-order valence-electron chi connectivity index (χ3n) is 4.65. The van der Waals surface area contributed by atoms with E-state index >= 15 is 0 Å². The number of carbonyl (C=O) groups excluding carboxylic acids is 2. The number of ketones is 1. The molecule has 2 amide bonds. The molecule has 0 bridgehead atoms. The molecule has 148 valence electrons. The lowest BCUT2D eigenvalue weighted by Crippen LogP contribution is -2.50. The van der Waals surface area contributed by atoms with Gasteiger partial charge in [0.25, 0.3) is 0 Å². The number of carbonyl (C=O) groups is 2. The molecule has 1 aliphatic rings. The van der Waals surface area contributed by atoms with Gasteiger partial charge in [0.15, 0.2) is 5.78 Å². The number of nitrogens with one attached hydrogen (secondary N) is 1. The number of hydrogen-bond acceptors (Lipinski definition) is 3. The van der Waals surface area contributed by atoms with Gasteiger partial charge in [-0.15, -0.1) is 0 Å². The minimum absolute atomic E-state index is 0.00333. The number of benzene rings is 2. The lowest BCUT2D eigenvalue weighted by molar-refractivity contribution is -0.137. The quantitative estimate of drug-likeness (QED) is 0.796. The summed E-state index contributed by atoms with van der Waals surface area (Å²) < 4.78 is 37.8. The fraction of sp³-hybridized carbons (Fsp3) is 0.300. The van der Waals surface area contributed by atoms with Crippen LogP contribution in [0, 0.1) is 0 Å². The van der Waals surface area contributed by atoms with E-state index in [0.29, 0.717) is 37.4 Å². The molecule has 1 fully saturated rings. The Kier molecular flexibility index (Phi) is 5.58. The zero-order chi connectivity index (χ0) is 20.3. The molecule has 1 heterocycles. The minimum Gasteiger partial charge on any atom is -0.368 e.